The third-order valence-electron chi connectivity index (χ3n) is 2.22. The Bertz CT molecular complexity index is 816. The molecule has 0 atom stereocenters. The SMILES string of the molecule is Nc1ccc(Sc2nc(N)cc(=O)[nH]2)c(S(N)(=O)=O)c1. The van der Waals surface area contributed by atoms with Crippen LogP contribution < -0.4 is 22.2 Å². The quantitative estimate of drug-likeness (QED) is 0.448. The third kappa shape index (κ3) is 3.29. The van der Waals surface area contributed by atoms with Crippen LogP contribution >= 0.6 is 11.8 Å². The van der Waals surface area contributed by atoms with E-state index in [0.717, 1.165) is 17.8 Å². The molecule has 106 valence electrons. The van der Waals surface area contributed by atoms with E-state index < -0.39 is 15.6 Å². The Morgan fingerprint density at radius 1 is 1.20 bits per heavy atom. The molecular weight excluding hydrogens is 302 g/mol. The van der Waals surface area contributed by atoms with E-state index in [9.17, 15) is 13.2 Å². The zero-order chi connectivity index (χ0) is 14.9. The number of benzene rings is 1. The fourth-order valence-electron chi connectivity index (χ4n) is 1.44. The molecule has 2 rings (SSSR count). The van der Waals surface area contributed by atoms with Gasteiger partial charge in [0.15, 0.2) is 5.16 Å². The van der Waals surface area contributed by atoms with Crippen molar-refractivity contribution in [1.29, 1.82) is 0 Å². The van der Waals surface area contributed by atoms with E-state index in [1.165, 1.54) is 18.2 Å². The van der Waals surface area contributed by atoms with Crippen LogP contribution in [0.1, 0.15) is 0 Å². The van der Waals surface area contributed by atoms with E-state index in [2.05, 4.69) is 9.97 Å². The number of sulfonamides is 1. The first-order valence-corrected chi connectivity index (χ1v) is 7.59. The minimum atomic E-state index is -3.95. The van der Waals surface area contributed by atoms with E-state index >= 15 is 0 Å². The molecule has 0 amide bonds. The molecule has 0 spiro atoms. The van der Waals surface area contributed by atoms with Crippen molar-refractivity contribution in [1.82, 2.24) is 9.97 Å². The first-order valence-electron chi connectivity index (χ1n) is 5.23. The van der Waals surface area contributed by atoms with Crippen molar-refractivity contribution in [3.63, 3.8) is 0 Å². The van der Waals surface area contributed by atoms with Crippen molar-refractivity contribution in [2.24, 2.45) is 5.14 Å². The number of H-pyrrole nitrogens is 1. The molecule has 0 aliphatic heterocycles. The Morgan fingerprint density at radius 2 is 1.90 bits per heavy atom. The largest absolute Gasteiger partial charge is 0.399 e. The van der Waals surface area contributed by atoms with Crippen LogP contribution in [0, 0.1) is 0 Å². The fourth-order valence-corrected chi connectivity index (χ4v) is 3.37. The van der Waals surface area contributed by atoms with Crippen molar-refractivity contribution in [3.05, 3.63) is 34.6 Å². The second kappa shape index (κ2) is 5.15. The maximum absolute atomic E-state index is 11.5. The smallest absolute Gasteiger partial charge is 0.253 e. The van der Waals surface area contributed by atoms with Gasteiger partial charge >= 0.3 is 0 Å². The highest BCUT2D eigenvalue weighted by Crippen LogP contribution is 2.31. The summed E-state index contributed by atoms with van der Waals surface area (Å²) in [5.74, 6) is 0.0313. The number of nitrogen functional groups attached to an aromatic ring is 2. The Kier molecular flexibility index (Phi) is 3.70. The lowest BCUT2D eigenvalue weighted by Gasteiger charge is -2.08. The van der Waals surface area contributed by atoms with Crippen LogP contribution in [0.15, 0.2) is 44.0 Å². The first kappa shape index (κ1) is 14.4. The van der Waals surface area contributed by atoms with Crippen molar-refractivity contribution in [3.8, 4) is 0 Å². The summed E-state index contributed by atoms with van der Waals surface area (Å²) in [4.78, 5) is 17.8. The summed E-state index contributed by atoms with van der Waals surface area (Å²) in [5, 5.41) is 5.28. The molecule has 10 heteroatoms. The van der Waals surface area contributed by atoms with Gasteiger partial charge in [-0.15, -0.1) is 0 Å². The predicted octanol–water partition coefficient (Wildman–Crippen LogP) is -0.267. The standard InChI is InChI=1S/C10H11N5O3S2/c11-5-1-2-6(7(3-5)20(13,17)18)19-10-14-8(12)4-9(16)15-10/h1-4H,11H2,(H2,13,17,18)(H3,12,14,15,16). The molecule has 0 aliphatic rings. The van der Waals surface area contributed by atoms with Gasteiger partial charge in [0.1, 0.15) is 5.82 Å². The molecule has 1 heterocycles. The third-order valence-corrected chi connectivity index (χ3v) is 4.26. The molecule has 0 bridgehead atoms. The second-order valence-electron chi connectivity index (χ2n) is 3.83. The van der Waals surface area contributed by atoms with E-state index in [0.29, 0.717) is 0 Å². The minimum absolute atomic E-state index is 0.0313. The van der Waals surface area contributed by atoms with Gasteiger partial charge in [-0.3, -0.25) is 4.79 Å². The van der Waals surface area contributed by atoms with Crippen molar-refractivity contribution < 1.29 is 8.42 Å². The average molecular weight is 313 g/mol. The van der Waals surface area contributed by atoms with Gasteiger partial charge in [-0.05, 0) is 18.2 Å². The molecule has 1 aromatic carbocycles. The van der Waals surface area contributed by atoms with Crippen LogP contribution in [-0.4, -0.2) is 18.4 Å². The molecule has 20 heavy (non-hydrogen) atoms. The number of hydrogen-bond acceptors (Lipinski definition) is 7. The summed E-state index contributed by atoms with van der Waals surface area (Å²) in [5.41, 5.74) is 10.8. The van der Waals surface area contributed by atoms with E-state index in [1.807, 2.05) is 0 Å². The Balaban J connectivity index is 2.51. The lowest BCUT2D eigenvalue weighted by molar-refractivity contribution is 0.596. The monoisotopic (exact) mass is 313 g/mol. The molecule has 0 fully saturated rings. The number of anilines is 2. The Hall–Kier alpha value is -2.04. The number of nitrogens with one attached hydrogen (secondary N) is 1. The van der Waals surface area contributed by atoms with Crippen LogP contribution in [0.2, 0.25) is 0 Å². The topological polar surface area (TPSA) is 158 Å². The second-order valence-corrected chi connectivity index (χ2v) is 6.39. The van der Waals surface area contributed by atoms with Gasteiger partial charge < -0.3 is 16.5 Å². The molecule has 8 nitrogen and oxygen atoms in total. The lowest BCUT2D eigenvalue weighted by Crippen LogP contribution is -2.14. The summed E-state index contributed by atoms with van der Waals surface area (Å²) < 4.78 is 23.0. The zero-order valence-electron chi connectivity index (χ0n) is 10.0. The first-order chi connectivity index (χ1) is 9.25. The van der Waals surface area contributed by atoms with Crippen LogP contribution in [0.5, 0.6) is 0 Å². The minimum Gasteiger partial charge on any atom is -0.399 e. The summed E-state index contributed by atoms with van der Waals surface area (Å²) in [7, 11) is -3.95. The van der Waals surface area contributed by atoms with Gasteiger partial charge in [0.2, 0.25) is 10.0 Å². The normalized spacial score (nSPS) is 11.4. The van der Waals surface area contributed by atoms with Gasteiger partial charge in [0.05, 0.1) is 4.90 Å². The van der Waals surface area contributed by atoms with Gasteiger partial charge in [0, 0.05) is 16.6 Å². The van der Waals surface area contributed by atoms with Crippen LogP contribution in [-0.2, 0) is 10.0 Å². The Morgan fingerprint density at radius 3 is 2.50 bits per heavy atom. The van der Waals surface area contributed by atoms with Crippen molar-refractivity contribution >= 4 is 33.3 Å². The summed E-state index contributed by atoms with van der Waals surface area (Å²) in [6.07, 6.45) is 0. The zero-order valence-corrected chi connectivity index (χ0v) is 11.7. The predicted molar refractivity (Wildman–Crippen MR) is 75.6 cm³/mol. The molecule has 1 aromatic heterocycles. The number of rotatable bonds is 3. The van der Waals surface area contributed by atoms with Crippen LogP contribution in [0.3, 0.4) is 0 Å². The molecule has 0 saturated carbocycles. The lowest BCUT2D eigenvalue weighted by atomic mass is 10.3. The summed E-state index contributed by atoms with van der Waals surface area (Å²) >= 11 is 0.917. The molecule has 0 unspecified atom stereocenters. The number of nitrogens with zero attached hydrogens (tertiary/aromatic N) is 1. The van der Waals surface area contributed by atoms with E-state index in [1.54, 1.807) is 0 Å². The highest BCUT2D eigenvalue weighted by molar-refractivity contribution is 8.00. The number of aromatic amines is 1. The van der Waals surface area contributed by atoms with E-state index in [-0.39, 0.29) is 26.5 Å². The van der Waals surface area contributed by atoms with Crippen molar-refractivity contribution in [2.75, 3.05) is 11.5 Å². The van der Waals surface area contributed by atoms with Crippen LogP contribution in [0.4, 0.5) is 11.5 Å². The number of aromatic nitrogens is 2. The maximum atomic E-state index is 11.5. The fraction of sp³-hybridized carbons (Fsp3) is 0. The summed E-state index contributed by atoms with van der Waals surface area (Å²) in [6.45, 7) is 0. The van der Waals surface area contributed by atoms with Gasteiger partial charge in [-0.1, -0.05) is 11.8 Å². The molecule has 0 radical (unpaired) electrons. The number of nitrogens with two attached hydrogens (primary N) is 3. The number of primary sulfonamides is 1. The molecule has 2 aromatic rings. The maximum Gasteiger partial charge on any atom is 0.253 e. The number of hydrogen-bond donors (Lipinski definition) is 4. The van der Waals surface area contributed by atoms with Gasteiger partial charge in [-0.2, -0.15) is 0 Å². The highest BCUT2D eigenvalue weighted by Gasteiger charge is 2.16. The van der Waals surface area contributed by atoms with Gasteiger partial charge in [-0.25, -0.2) is 18.5 Å². The molecular formula is C10H11N5O3S2. The van der Waals surface area contributed by atoms with Crippen molar-refractivity contribution in [2.45, 2.75) is 14.9 Å². The summed E-state index contributed by atoms with van der Waals surface area (Å²) in [6, 6.07) is 5.35. The average Bonchev–Trinajstić information content (AvgIpc) is 2.28. The molecule has 0 aliphatic carbocycles. The Labute approximate surface area is 118 Å². The van der Waals surface area contributed by atoms with Gasteiger partial charge in [0.25, 0.3) is 5.56 Å². The van der Waals surface area contributed by atoms with Crippen LogP contribution in [0.25, 0.3) is 0 Å². The molecule has 0 saturated heterocycles. The highest BCUT2D eigenvalue weighted by atomic mass is 32.2. The molecule has 7 N–H and O–H groups in total. The van der Waals surface area contributed by atoms with E-state index in [4.69, 9.17) is 16.6 Å².